The summed E-state index contributed by atoms with van der Waals surface area (Å²) in [7, 11) is 0. The number of amides is 1. The predicted molar refractivity (Wildman–Crippen MR) is 141 cm³/mol. The van der Waals surface area contributed by atoms with Crippen molar-refractivity contribution in [2.75, 3.05) is 13.1 Å². The van der Waals surface area contributed by atoms with Crippen molar-refractivity contribution in [1.29, 1.82) is 0 Å². The lowest BCUT2D eigenvalue weighted by molar-refractivity contribution is -0.126. The lowest BCUT2D eigenvalue weighted by atomic mass is 9.95. The molecule has 1 fully saturated rings. The lowest BCUT2D eigenvalue weighted by Crippen LogP contribution is -2.63. The molecule has 1 aliphatic heterocycles. The van der Waals surface area contributed by atoms with E-state index in [1.54, 1.807) is 4.90 Å². The highest BCUT2D eigenvalue weighted by Crippen LogP contribution is 2.27. The topological polar surface area (TPSA) is 62.2 Å². The van der Waals surface area contributed by atoms with Crippen LogP contribution in [0.2, 0.25) is 0 Å². The summed E-state index contributed by atoms with van der Waals surface area (Å²) in [6.07, 6.45) is 8.00. The molecule has 1 aromatic rings. The summed E-state index contributed by atoms with van der Waals surface area (Å²) in [5, 5.41) is 0. The first-order valence-electron chi connectivity index (χ1n) is 13.2. The average molecular weight is 482 g/mol. The van der Waals surface area contributed by atoms with Crippen molar-refractivity contribution in [2.45, 2.75) is 97.8 Å². The number of hydrogen-bond donors (Lipinski definition) is 0. The van der Waals surface area contributed by atoms with E-state index < -0.39 is 17.7 Å². The molecule has 6 heteroatoms. The molecule has 1 heterocycles. The normalized spacial score (nSPS) is 21.3. The van der Waals surface area contributed by atoms with Gasteiger partial charge < -0.3 is 9.64 Å². The summed E-state index contributed by atoms with van der Waals surface area (Å²) in [6.45, 7) is 12.7. The molecule has 0 radical (unpaired) electrons. The Morgan fingerprint density at radius 1 is 1.14 bits per heavy atom. The van der Waals surface area contributed by atoms with Gasteiger partial charge in [-0.1, -0.05) is 55.8 Å². The van der Waals surface area contributed by atoms with Gasteiger partial charge in [-0.25, -0.2) is 14.7 Å². The van der Waals surface area contributed by atoms with Crippen molar-refractivity contribution in [3.05, 3.63) is 47.5 Å². The van der Waals surface area contributed by atoms with Gasteiger partial charge in [0.2, 0.25) is 5.96 Å². The van der Waals surface area contributed by atoms with Crippen LogP contribution in [0.5, 0.6) is 0 Å². The van der Waals surface area contributed by atoms with Gasteiger partial charge >= 0.3 is 6.09 Å². The quantitative estimate of drug-likeness (QED) is 0.415. The number of hydrogen-bond acceptors (Lipinski definition) is 4. The van der Waals surface area contributed by atoms with Gasteiger partial charge in [0.1, 0.15) is 11.6 Å². The van der Waals surface area contributed by atoms with Crippen LogP contribution in [0.1, 0.15) is 91.7 Å². The van der Waals surface area contributed by atoms with Gasteiger partial charge in [0.25, 0.3) is 0 Å². The van der Waals surface area contributed by atoms with Gasteiger partial charge in [0.15, 0.2) is 5.78 Å². The Morgan fingerprint density at radius 3 is 2.46 bits per heavy atom. The standard InChI is InChI=1S/C29H43N3O3/c1-21(2)19-25-26(33)20-31(18-17-23-13-9-7-10-14-23)27(32(25)28(34)35-29(4,5)6)30-22(3)24-15-11-8-12-16-24/h8,11-13,15-16,21-22,25H,7,9-10,14,17-20H2,1-6H3. The third-order valence-electron chi connectivity index (χ3n) is 6.49. The van der Waals surface area contributed by atoms with Crippen LogP contribution in [0.4, 0.5) is 4.79 Å². The lowest BCUT2D eigenvalue weighted by Gasteiger charge is -2.43. The summed E-state index contributed by atoms with van der Waals surface area (Å²) in [4.78, 5) is 35.6. The average Bonchev–Trinajstić information content (AvgIpc) is 2.79. The summed E-state index contributed by atoms with van der Waals surface area (Å²) >= 11 is 0. The third kappa shape index (κ3) is 7.68. The zero-order valence-corrected chi connectivity index (χ0v) is 22.4. The maximum absolute atomic E-state index is 13.6. The van der Waals surface area contributed by atoms with Crippen molar-refractivity contribution < 1.29 is 14.3 Å². The number of rotatable bonds is 7. The fourth-order valence-corrected chi connectivity index (χ4v) is 4.72. The molecule has 2 aliphatic rings. The molecule has 6 nitrogen and oxygen atoms in total. The van der Waals surface area contributed by atoms with Crippen LogP contribution >= 0.6 is 0 Å². The number of aliphatic imine (C=N–C) groups is 1. The van der Waals surface area contributed by atoms with Crippen molar-refractivity contribution in [3.63, 3.8) is 0 Å². The van der Waals surface area contributed by atoms with Gasteiger partial charge in [-0.05, 0) is 77.7 Å². The summed E-state index contributed by atoms with van der Waals surface area (Å²) in [6, 6.07) is 9.33. The molecule has 192 valence electrons. The third-order valence-corrected chi connectivity index (χ3v) is 6.49. The smallest absolute Gasteiger partial charge is 0.417 e. The van der Waals surface area contributed by atoms with Crippen molar-refractivity contribution >= 4 is 17.8 Å². The highest BCUT2D eigenvalue weighted by molar-refractivity contribution is 6.05. The Morgan fingerprint density at radius 2 is 1.86 bits per heavy atom. The first-order chi connectivity index (χ1) is 16.5. The highest BCUT2D eigenvalue weighted by Gasteiger charge is 2.43. The molecule has 0 bridgehead atoms. The highest BCUT2D eigenvalue weighted by atomic mass is 16.6. The number of benzene rings is 1. The molecule has 1 aliphatic carbocycles. The SMILES string of the molecule is CC(C)CC1C(=O)CN(CCC2=CCCCC2)C(=NC(C)c2ccccc2)N1C(=O)OC(C)(C)C. The number of carbonyl (C=O) groups is 2. The van der Waals surface area contributed by atoms with Crippen molar-refractivity contribution in [1.82, 2.24) is 9.80 Å². The first kappa shape index (κ1) is 27.0. The molecule has 2 unspecified atom stereocenters. The van der Waals surface area contributed by atoms with Crippen LogP contribution in [0, 0.1) is 5.92 Å². The van der Waals surface area contributed by atoms with Crippen LogP contribution in [-0.4, -0.2) is 52.4 Å². The second-order valence-corrected chi connectivity index (χ2v) is 11.3. The fraction of sp³-hybridized carbons (Fsp3) is 0.621. The van der Waals surface area contributed by atoms with Crippen molar-refractivity contribution in [2.24, 2.45) is 10.9 Å². The molecule has 2 atom stereocenters. The van der Waals surface area contributed by atoms with E-state index >= 15 is 0 Å². The molecular formula is C29H43N3O3. The van der Waals surface area contributed by atoms with Crippen LogP contribution in [0.15, 0.2) is 47.0 Å². The van der Waals surface area contributed by atoms with E-state index in [9.17, 15) is 9.59 Å². The molecule has 1 aromatic carbocycles. The fourth-order valence-electron chi connectivity index (χ4n) is 4.72. The molecule has 0 saturated carbocycles. The first-order valence-corrected chi connectivity index (χ1v) is 13.2. The maximum atomic E-state index is 13.6. The maximum Gasteiger partial charge on any atom is 0.417 e. The van der Waals surface area contributed by atoms with Crippen LogP contribution in [0.3, 0.4) is 0 Å². The Balaban J connectivity index is 2.00. The molecule has 1 saturated heterocycles. The molecule has 35 heavy (non-hydrogen) atoms. The van der Waals surface area contributed by atoms with E-state index in [1.807, 2.05) is 62.9 Å². The number of carbonyl (C=O) groups excluding carboxylic acids is 2. The van der Waals surface area contributed by atoms with Gasteiger partial charge in [-0.3, -0.25) is 4.79 Å². The monoisotopic (exact) mass is 481 g/mol. The molecule has 0 spiro atoms. The molecule has 3 rings (SSSR count). The van der Waals surface area contributed by atoms with E-state index in [2.05, 4.69) is 19.9 Å². The van der Waals surface area contributed by atoms with E-state index in [-0.39, 0.29) is 24.3 Å². The van der Waals surface area contributed by atoms with E-state index in [0.717, 1.165) is 24.8 Å². The van der Waals surface area contributed by atoms with Crippen LogP contribution in [0.25, 0.3) is 0 Å². The second-order valence-electron chi connectivity index (χ2n) is 11.3. The molecule has 0 N–H and O–H groups in total. The second kappa shape index (κ2) is 11.9. The van der Waals surface area contributed by atoms with E-state index in [4.69, 9.17) is 9.73 Å². The number of ether oxygens (including phenoxy) is 1. The van der Waals surface area contributed by atoms with Gasteiger partial charge in [0.05, 0.1) is 12.6 Å². The molecule has 1 amide bonds. The minimum absolute atomic E-state index is 0.0495. The number of ketones is 1. The largest absolute Gasteiger partial charge is 0.443 e. The minimum Gasteiger partial charge on any atom is -0.443 e. The summed E-state index contributed by atoms with van der Waals surface area (Å²) in [5.41, 5.74) is 1.83. The molecular weight excluding hydrogens is 438 g/mol. The summed E-state index contributed by atoms with van der Waals surface area (Å²) < 4.78 is 5.81. The van der Waals surface area contributed by atoms with Crippen LogP contribution in [-0.2, 0) is 9.53 Å². The number of nitrogens with zero attached hydrogens (tertiary/aromatic N) is 3. The Kier molecular flexibility index (Phi) is 9.15. The number of Topliss-reactive ketones (excluding diaryl/α,β-unsaturated/α-hetero) is 1. The van der Waals surface area contributed by atoms with Gasteiger partial charge in [-0.15, -0.1) is 0 Å². The Hall–Kier alpha value is -2.63. The zero-order chi connectivity index (χ0) is 25.6. The summed E-state index contributed by atoms with van der Waals surface area (Å²) in [5.74, 6) is 0.853. The van der Waals surface area contributed by atoms with Gasteiger partial charge in [-0.2, -0.15) is 0 Å². The van der Waals surface area contributed by atoms with E-state index in [1.165, 1.54) is 18.4 Å². The molecule has 0 aromatic heterocycles. The van der Waals surface area contributed by atoms with Crippen molar-refractivity contribution in [3.8, 4) is 0 Å². The van der Waals surface area contributed by atoms with Gasteiger partial charge in [0, 0.05) is 6.54 Å². The van der Waals surface area contributed by atoms with E-state index in [0.29, 0.717) is 18.9 Å². The minimum atomic E-state index is -0.673. The zero-order valence-electron chi connectivity index (χ0n) is 22.4. The van der Waals surface area contributed by atoms with Crippen LogP contribution < -0.4 is 0 Å². The Labute approximate surface area is 211 Å². The Bertz CT molecular complexity index is 930. The number of allylic oxidation sites excluding steroid dienone is 1. The predicted octanol–water partition coefficient (Wildman–Crippen LogP) is 6.53. The number of guanidine groups is 1.